The Hall–Kier alpha value is -1.65. The van der Waals surface area contributed by atoms with Crippen molar-refractivity contribution in [3.05, 3.63) is 18.1 Å². The Morgan fingerprint density at radius 3 is 3.00 bits per heavy atom. The molecule has 2 rings (SSSR count). The number of rotatable bonds is 3. The summed E-state index contributed by atoms with van der Waals surface area (Å²) in [5.41, 5.74) is 5.83. The molecule has 2 N–H and O–H groups in total. The van der Waals surface area contributed by atoms with Gasteiger partial charge in [-0.15, -0.1) is 0 Å². The fourth-order valence-electron chi connectivity index (χ4n) is 2.27. The van der Waals surface area contributed by atoms with E-state index in [1.165, 1.54) is 25.2 Å². The Balaban J connectivity index is 1.99. The van der Waals surface area contributed by atoms with Crippen LogP contribution in [0.3, 0.4) is 0 Å². The maximum absolute atomic E-state index is 12.1. The second-order valence-electron chi connectivity index (χ2n) is 4.52. The van der Waals surface area contributed by atoms with E-state index in [4.69, 9.17) is 5.73 Å². The summed E-state index contributed by atoms with van der Waals surface area (Å²) in [4.78, 5) is 21.9. The lowest BCUT2D eigenvalue weighted by Crippen LogP contribution is -2.29. The third kappa shape index (κ3) is 2.72. The van der Waals surface area contributed by atoms with Crippen LogP contribution in [0.25, 0.3) is 0 Å². The lowest BCUT2D eigenvalue weighted by atomic mass is 10.0. The summed E-state index contributed by atoms with van der Waals surface area (Å²) < 4.78 is 0. The predicted molar refractivity (Wildman–Crippen MR) is 65.4 cm³/mol. The zero-order chi connectivity index (χ0) is 12.3. The van der Waals surface area contributed by atoms with Gasteiger partial charge in [0.05, 0.1) is 12.4 Å². The summed E-state index contributed by atoms with van der Waals surface area (Å²) in [6.45, 7) is 3.85. The Labute approximate surface area is 101 Å². The lowest BCUT2D eigenvalue weighted by molar-refractivity contribution is 0.0780. The van der Waals surface area contributed by atoms with Crippen LogP contribution in [0, 0.1) is 5.92 Å². The summed E-state index contributed by atoms with van der Waals surface area (Å²) in [5.74, 6) is 0.952. The highest BCUT2D eigenvalue weighted by molar-refractivity contribution is 5.92. The van der Waals surface area contributed by atoms with E-state index >= 15 is 0 Å². The number of hydrogen-bond donors (Lipinski definition) is 1. The van der Waals surface area contributed by atoms with Gasteiger partial charge in [0.2, 0.25) is 0 Å². The van der Waals surface area contributed by atoms with Crippen LogP contribution < -0.4 is 5.73 Å². The minimum atomic E-state index is -0.0314. The number of likely N-dealkylation sites (tertiary alicyclic amines) is 1. The molecule has 1 saturated heterocycles. The first-order valence-electron chi connectivity index (χ1n) is 6.07. The molecule has 92 valence electrons. The van der Waals surface area contributed by atoms with Crippen molar-refractivity contribution in [3.8, 4) is 0 Å². The summed E-state index contributed by atoms with van der Waals surface area (Å²) in [5, 5.41) is 0. The molecule has 0 saturated carbocycles. The van der Waals surface area contributed by atoms with Gasteiger partial charge in [-0.1, -0.05) is 13.3 Å². The van der Waals surface area contributed by atoms with E-state index < -0.39 is 0 Å². The van der Waals surface area contributed by atoms with Crippen molar-refractivity contribution in [2.75, 3.05) is 18.8 Å². The number of carbonyl (C=O) groups is 1. The van der Waals surface area contributed by atoms with Gasteiger partial charge in [-0.25, -0.2) is 9.97 Å². The topological polar surface area (TPSA) is 72.1 Å². The first-order chi connectivity index (χ1) is 8.20. The highest BCUT2D eigenvalue weighted by atomic mass is 16.2. The highest BCUT2D eigenvalue weighted by Crippen LogP contribution is 2.21. The van der Waals surface area contributed by atoms with E-state index in [2.05, 4.69) is 16.9 Å². The van der Waals surface area contributed by atoms with Crippen LogP contribution in [0.1, 0.15) is 36.7 Å². The van der Waals surface area contributed by atoms with Crippen molar-refractivity contribution in [2.45, 2.75) is 26.2 Å². The first-order valence-corrected chi connectivity index (χ1v) is 6.07. The number of anilines is 1. The summed E-state index contributed by atoms with van der Waals surface area (Å²) >= 11 is 0. The number of nitrogen functional groups attached to an aromatic ring is 1. The summed E-state index contributed by atoms with van der Waals surface area (Å²) in [6.07, 6.45) is 6.34. The molecule has 1 aliphatic heterocycles. The monoisotopic (exact) mass is 234 g/mol. The van der Waals surface area contributed by atoms with Crippen LogP contribution in [0.15, 0.2) is 12.4 Å². The number of aromatic nitrogens is 2. The Bertz CT molecular complexity index is 390. The Kier molecular flexibility index (Phi) is 3.56. The molecule has 5 heteroatoms. The third-order valence-corrected chi connectivity index (χ3v) is 3.16. The molecular formula is C12H18N4O. The molecular weight excluding hydrogens is 216 g/mol. The van der Waals surface area contributed by atoms with Crippen LogP contribution in [-0.2, 0) is 0 Å². The SMILES string of the molecule is CCCC1CCN(C(=O)c2cnc(N)cn2)C1. The molecule has 0 aliphatic carbocycles. The van der Waals surface area contributed by atoms with Gasteiger partial charge in [0, 0.05) is 13.1 Å². The summed E-state index contributed by atoms with van der Waals surface area (Å²) in [6, 6.07) is 0. The largest absolute Gasteiger partial charge is 0.382 e. The van der Waals surface area contributed by atoms with Crippen molar-refractivity contribution < 1.29 is 4.79 Å². The van der Waals surface area contributed by atoms with Crippen LogP contribution >= 0.6 is 0 Å². The quantitative estimate of drug-likeness (QED) is 0.856. The second kappa shape index (κ2) is 5.12. The predicted octanol–water partition coefficient (Wildman–Crippen LogP) is 1.32. The maximum atomic E-state index is 12.1. The van der Waals surface area contributed by atoms with Crippen LogP contribution in [0.2, 0.25) is 0 Å². The summed E-state index contributed by atoms with van der Waals surface area (Å²) in [7, 11) is 0. The number of hydrogen-bond acceptors (Lipinski definition) is 4. The number of nitrogens with two attached hydrogens (primary N) is 1. The molecule has 0 spiro atoms. The minimum Gasteiger partial charge on any atom is -0.382 e. The van der Waals surface area contributed by atoms with Crippen molar-refractivity contribution >= 4 is 11.7 Å². The average Bonchev–Trinajstić information content (AvgIpc) is 2.78. The number of carbonyl (C=O) groups excluding carboxylic acids is 1. The van der Waals surface area contributed by atoms with Gasteiger partial charge >= 0.3 is 0 Å². The smallest absolute Gasteiger partial charge is 0.274 e. The first kappa shape index (κ1) is 11.8. The standard InChI is InChI=1S/C12H18N4O/c1-2-3-9-4-5-16(8-9)12(17)10-6-15-11(13)7-14-10/h6-7,9H,2-5,8H2,1H3,(H2,13,15). The Morgan fingerprint density at radius 2 is 2.35 bits per heavy atom. The third-order valence-electron chi connectivity index (χ3n) is 3.16. The second-order valence-corrected chi connectivity index (χ2v) is 4.52. The maximum Gasteiger partial charge on any atom is 0.274 e. The van der Waals surface area contributed by atoms with Gasteiger partial charge in [-0.05, 0) is 18.8 Å². The van der Waals surface area contributed by atoms with Gasteiger partial charge in [0.25, 0.3) is 5.91 Å². The average molecular weight is 234 g/mol. The fourth-order valence-corrected chi connectivity index (χ4v) is 2.27. The van der Waals surface area contributed by atoms with Crippen molar-refractivity contribution in [2.24, 2.45) is 5.92 Å². The molecule has 0 radical (unpaired) electrons. The molecule has 5 nitrogen and oxygen atoms in total. The van der Waals surface area contributed by atoms with Gasteiger partial charge in [0.15, 0.2) is 0 Å². The van der Waals surface area contributed by atoms with Crippen LogP contribution in [0.5, 0.6) is 0 Å². The molecule has 1 atom stereocenters. The van der Waals surface area contributed by atoms with E-state index in [1.54, 1.807) is 0 Å². The van der Waals surface area contributed by atoms with Gasteiger partial charge < -0.3 is 10.6 Å². The van der Waals surface area contributed by atoms with Crippen molar-refractivity contribution in [1.82, 2.24) is 14.9 Å². The fraction of sp³-hybridized carbons (Fsp3) is 0.583. The molecule has 2 heterocycles. The molecule has 1 amide bonds. The van der Waals surface area contributed by atoms with Crippen LogP contribution in [0.4, 0.5) is 5.82 Å². The molecule has 1 aromatic heterocycles. The molecule has 1 fully saturated rings. The Morgan fingerprint density at radius 1 is 1.53 bits per heavy atom. The van der Waals surface area contributed by atoms with Gasteiger partial charge in [-0.3, -0.25) is 4.79 Å². The molecule has 0 aromatic carbocycles. The normalized spacial score (nSPS) is 19.6. The van der Waals surface area contributed by atoms with Gasteiger partial charge in [0.1, 0.15) is 11.5 Å². The minimum absolute atomic E-state index is 0.0314. The van der Waals surface area contributed by atoms with E-state index in [0.29, 0.717) is 17.4 Å². The number of nitrogens with zero attached hydrogens (tertiary/aromatic N) is 3. The molecule has 0 bridgehead atoms. The van der Waals surface area contributed by atoms with Crippen molar-refractivity contribution in [1.29, 1.82) is 0 Å². The molecule has 1 unspecified atom stereocenters. The molecule has 1 aromatic rings. The molecule has 17 heavy (non-hydrogen) atoms. The van der Waals surface area contributed by atoms with E-state index in [1.807, 2.05) is 4.90 Å². The lowest BCUT2D eigenvalue weighted by Gasteiger charge is -2.15. The number of amides is 1. The zero-order valence-electron chi connectivity index (χ0n) is 10.1. The van der Waals surface area contributed by atoms with E-state index in [0.717, 1.165) is 19.5 Å². The highest BCUT2D eigenvalue weighted by Gasteiger charge is 2.26. The van der Waals surface area contributed by atoms with Crippen molar-refractivity contribution in [3.63, 3.8) is 0 Å². The van der Waals surface area contributed by atoms with E-state index in [9.17, 15) is 4.79 Å². The van der Waals surface area contributed by atoms with Crippen LogP contribution in [-0.4, -0.2) is 33.9 Å². The zero-order valence-corrected chi connectivity index (χ0v) is 10.1. The van der Waals surface area contributed by atoms with E-state index in [-0.39, 0.29) is 5.91 Å². The van der Waals surface area contributed by atoms with Gasteiger partial charge in [-0.2, -0.15) is 0 Å². The molecule has 1 aliphatic rings.